The lowest BCUT2D eigenvalue weighted by Gasteiger charge is -2.10. The number of anilines is 1. The van der Waals surface area contributed by atoms with E-state index in [4.69, 9.17) is 5.14 Å². The molecule has 2 aromatic rings. The number of rotatable bonds is 4. The van der Waals surface area contributed by atoms with Gasteiger partial charge in [0.15, 0.2) is 0 Å². The number of thiophene rings is 1. The van der Waals surface area contributed by atoms with Gasteiger partial charge in [0, 0.05) is 0 Å². The first kappa shape index (κ1) is 16.4. The van der Waals surface area contributed by atoms with Gasteiger partial charge < -0.3 is 0 Å². The van der Waals surface area contributed by atoms with Crippen molar-refractivity contribution in [3.8, 4) is 0 Å². The fourth-order valence-electron chi connectivity index (χ4n) is 1.56. The summed E-state index contributed by atoms with van der Waals surface area (Å²) in [5, 5.41) is 5.03. The van der Waals surface area contributed by atoms with Gasteiger partial charge >= 0.3 is 0 Å². The first-order chi connectivity index (χ1) is 9.59. The van der Waals surface area contributed by atoms with E-state index in [-0.39, 0.29) is 9.10 Å². The largest absolute Gasteiger partial charge is 0.279 e. The van der Waals surface area contributed by atoms with Crippen LogP contribution < -0.4 is 9.86 Å². The van der Waals surface area contributed by atoms with E-state index in [0.29, 0.717) is 15.0 Å². The standard InChI is InChI=1S/C11H11BrN2O4S3/c1-7-6-8(20(13,15)16)2-3-9(7)14-21(17,18)11-5-4-10(12)19-11/h2-6,14H,1H3,(H2,13,15,16). The number of sulfonamides is 2. The molecule has 0 atom stereocenters. The lowest BCUT2D eigenvalue weighted by Crippen LogP contribution is -2.14. The number of nitrogens with one attached hydrogen (secondary N) is 1. The molecule has 0 spiro atoms. The summed E-state index contributed by atoms with van der Waals surface area (Å²) in [4.78, 5) is -0.0678. The fraction of sp³-hybridized carbons (Fsp3) is 0.0909. The van der Waals surface area contributed by atoms with Crippen LogP contribution in [0.2, 0.25) is 0 Å². The molecule has 10 heteroatoms. The average molecular weight is 411 g/mol. The lowest BCUT2D eigenvalue weighted by molar-refractivity contribution is 0.597. The van der Waals surface area contributed by atoms with E-state index in [0.717, 1.165) is 11.3 Å². The van der Waals surface area contributed by atoms with E-state index in [2.05, 4.69) is 20.7 Å². The predicted octanol–water partition coefficient (Wildman–Crippen LogP) is 2.27. The van der Waals surface area contributed by atoms with Crippen LogP contribution in [0.1, 0.15) is 5.56 Å². The highest BCUT2D eigenvalue weighted by molar-refractivity contribution is 9.11. The molecule has 0 aliphatic heterocycles. The second-order valence-electron chi connectivity index (χ2n) is 4.19. The zero-order valence-electron chi connectivity index (χ0n) is 10.7. The van der Waals surface area contributed by atoms with Gasteiger partial charge in [-0.15, -0.1) is 11.3 Å². The Labute approximate surface area is 135 Å². The van der Waals surface area contributed by atoms with E-state index >= 15 is 0 Å². The molecule has 3 N–H and O–H groups in total. The van der Waals surface area contributed by atoms with Crippen LogP contribution >= 0.6 is 27.3 Å². The third-order valence-electron chi connectivity index (χ3n) is 2.58. The lowest BCUT2D eigenvalue weighted by atomic mass is 10.2. The minimum Gasteiger partial charge on any atom is -0.279 e. The van der Waals surface area contributed by atoms with Gasteiger partial charge in [-0.05, 0) is 58.7 Å². The summed E-state index contributed by atoms with van der Waals surface area (Å²) < 4.78 is 50.1. The van der Waals surface area contributed by atoms with E-state index in [9.17, 15) is 16.8 Å². The van der Waals surface area contributed by atoms with E-state index in [1.807, 2.05) is 0 Å². The molecule has 1 aromatic heterocycles. The Morgan fingerprint density at radius 3 is 2.29 bits per heavy atom. The van der Waals surface area contributed by atoms with Crippen molar-refractivity contribution in [3.63, 3.8) is 0 Å². The highest BCUT2D eigenvalue weighted by atomic mass is 79.9. The first-order valence-electron chi connectivity index (χ1n) is 5.51. The summed E-state index contributed by atoms with van der Waals surface area (Å²) >= 11 is 4.28. The molecule has 114 valence electrons. The number of nitrogens with two attached hydrogens (primary N) is 1. The Morgan fingerprint density at radius 2 is 1.81 bits per heavy atom. The van der Waals surface area contributed by atoms with Crippen molar-refractivity contribution in [2.24, 2.45) is 5.14 Å². The second-order valence-corrected chi connectivity index (χ2v) is 10.1. The summed E-state index contributed by atoms with van der Waals surface area (Å²) in [6, 6.07) is 7.05. The van der Waals surface area contributed by atoms with Crippen molar-refractivity contribution in [1.29, 1.82) is 0 Å². The summed E-state index contributed by atoms with van der Waals surface area (Å²) in [7, 11) is -7.52. The monoisotopic (exact) mass is 410 g/mol. The van der Waals surface area contributed by atoms with Crippen LogP contribution in [0, 0.1) is 6.92 Å². The maximum absolute atomic E-state index is 12.2. The minimum atomic E-state index is -3.82. The van der Waals surface area contributed by atoms with Gasteiger partial charge in [-0.25, -0.2) is 22.0 Å². The Hall–Kier alpha value is -0.940. The molecule has 0 amide bonds. The Balaban J connectivity index is 2.36. The van der Waals surface area contributed by atoms with Gasteiger partial charge in [0.25, 0.3) is 10.0 Å². The average Bonchev–Trinajstić information content (AvgIpc) is 2.78. The maximum atomic E-state index is 12.2. The van der Waals surface area contributed by atoms with Crippen molar-refractivity contribution in [1.82, 2.24) is 0 Å². The van der Waals surface area contributed by atoms with E-state index < -0.39 is 20.0 Å². The molecular weight excluding hydrogens is 400 g/mol. The molecule has 1 heterocycles. The fourth-order valence-corrected chi connectivity index (χ4v) is 5.30. The van der Waals surface area contributed by atoms with E-state index in [1.165, 1.54) is 24.3 Å². The molecular formula is C11H11BrN2O4S3. The number of halogens is 1. The molecule has 1 aromatic carbocycles. The molecule has 0 aliphatic carbocycles. The summed E-state index contributed by atoms with van der Waals surface area (Å²) in [6.07, 6.45) is 0. The van der Waals surface area contributed by atoms with Crippen LogP contribution in [0.3, 0.4) is 0 Å². The number of primary sulfonamides is 1. The second kappa shape index (κ2) is 5.69. The minimum absolute atomic E-state index is 0.0678. The SMILES string of the molecule is Cc1cc(S(N)(=O)=O)ccc1NS(=O)(=O)c1ccc(Br)s1. The normalized spacial score (nSPS) is 12.3. The molecule has 0 saturated carbocycles. The molecule has 0 radical (unpaired) electrons. The quantitative estimate of drug-likeness (QED) is 0.805. The van der Waals surface area contributed by atoms with Crippen LogP contribution in [0.4, 0.5) is 5.69 Å². The van der Waals surface area contributed by atoms with Crippen LogP contribution in [0.25, 0.3) is 0 Å². The van der Waals surface area contributed by atoms with Crippen molar-refractivity contribution < 1.29 is 16.8 Å². The Kier molecular flexibility index (Phi) is 4.45. The zero-order chi connectivity index (χ0) is 15.8. The van der Waals surface area contributed by atoms with Gasteiger partial charge in [-0.1, -0.05) is 0 Å². The molecule has 21 heavy (non-hydrogen) atoms. The Morgan fingerprint density at radius 1 is 1.14 bits per heavy atom. The molecule has 0 saturated heterocycles. The van der Waals surface area contributed by atoms with Gasteiger partial charge in [0.05, 0.1) is 14.4 Å². The van der Waals surface area contributed by atoms with Crippen LogP contribution in [0.15, 0.2) is 43.2 Å². The first-order valence-corrected chi connectivity index (χ1v) is 10.1. The summed E-state index contributed by atoms with van der Waals surface area (Å²) in [6.45, 7) is 1.59. The number of hydrogen-bond donors (Lipinski definition) is 2. The highest BCUT2D eigenvalue weighted by Crippen LogP contribution is 2.28. The molecule has 0 fully saturated rings. The number of hydrogen-bond acceptors (Lipinski definition) is 5. The molecule has 0 aliphatic rings. The molecule has 0 bridgehead atoms. The van der Waals surface area contributed by atoms with Gasteiger partial charge in [-0.2, -0.15) is 0 Å². The highest BCUT2D eigenvalue weighted by Gasteiger charge is 2.18. The van der Waals surface area contributed by atoms with Crippen molar-refractivity contribution in [2.45, 2.75) is 16.0 Å². The van der Waals surface area contributed by atoms with Crippen LogP contribution in [0.5, 0.6) is 0 Å². The van der Waals surface area contributed by atoms with Gasteiger partial charge in [0.2, 0.25) is 10.0 Å². The van der Waals surface area contributed by atoms with Gasteiger partial charge in [0.1, 0.15) is 4.21 Å². The summed E-state index contributed by atoms with van der Waals surface area (Å²) in [5.41, 5.74) is 0.757. The summed E-state index contributed by atoms with van der Waals surface area (Å²) in [5.74, 6) is 0. The Bertz CT molecular complexity index is 888. The zero-order valence-corrected chi connectivity index (χ0v) is 14.7. The van der Waals surface area contributed by atoms with Crippen molar-refractivity contribution in [3.05, 3.63) is 39.7 Å². The van der Waals surface area contributed by atoms with Gasteiger partial charge in [-0.3, -0.25) is 4.72 Å². The maximum Gasteiger partial charge on any atom is 0.271 e. The van der Waals surface area contributed by atoms with Crippen molar-refractivity contribution >= 4 is 53.0 Å². The van der Waals surface area contributed by atoms with Crippen molar-refractivity contribution in [2.75, 3.05) is 4.72 Å². The third-order valence-corrected chi connectivity index (χ3v) is 6.98. The predicted molar refractivity (Wildman–Crippen MR) is 85.4 cm³/mol. The topological polar surface area (TPSA) is 106 Å². The molecule has 0 unspecified atom stereocenters. The smallest absolute Gasteiger partial charge is 0.271 e. The molecule has 6 nitrogen and oxygen atoms in total. The van der Waals surface area contributed by atoms with Crippen LogP contribution in [-0.4, -0.2) is 16.8 Å². The number of benzene rings is 1. The van der Waals surface area contributed by atoms with Crippen LogP contribution in [-0.2, 0) is 20.0 Å². The number of aryl methyl sites for hydroxylation is 1. The van der Waals surface area contributed by atoms with E-state index in [1.54, 1.807) is 13.0 Å². The molecule has 2 rings (SSSR count). The third kappa shape index (κ3) is 3.83.